The van der Waals surface area contributed by atoms with Gasteiger partial charge in [0, 0.05) is 56.7 Å². The van der Waals surface area contributed by atoms with E-state index in [4.69, 9.17) is 9.47 Å². The fourth-order valence-electron chi connectivity index (χ4n) is 4.73. The number of carbonyl (C=O) groups excluding carboxylic acids is 1. The molecule has 2 saturated heterocycles. The van der Waals surface area contributed by atoms with Crippen molar-refractivity contribution in [1.82, 2.24) is 29.7 Å². The number of anilines is 2. The Balaban J connectivity index is 0.00000336. The normalized spacial score (nSPS) is 16.6. The number of aryl methyl sites for hydroxylation is 1. The summed E-state index contributed by atoms with van der Waals surface area (Å²) in [6.07, 6.45) is 4.51. The number of aromatic nitrogens is 4. The Bertz CT molecular complexity index is 1210. The summed E-state index contributed by atoms with van der Waals surface area (Å²) in [5.74, 6) is 0.435. The van der Waals surface area contributed by atoms with Crippen LogP contribution in [0.3, 0.4) is 0 Å². The zero-order valence-corrected chi connectivity index (χ0v) is 22.2. The van der Waals surface area contributed by atoms with Crippen molar-refractivity contribution in [2.24, 2.45) is 0 Å². The van der Waals surface area contributed by atoms with E-state index in [-0.39, 0.29) is 36.0 Å². The van der Waals surface area contributed by atoms with E-state index in [1.54, 1.807) is 30.5 Å². The molecule has 10 nitrogen and oxygen atoms in total. The molecular weight excluding hydrogens is 513 g/mol. The van der Waals surface area contributed by atoms with Gasteiger partial charge in [-0.05, 0) is 44.0 Å². The molecule has 204 valence electrons. The Morgan fingerprint density at radius 2 is 1.76 bits per heavy atom. The first-order chi connectivity index (χ1) is 18.1. The first kappa shape index (κ1) is 27.9. The fraction of sp³-hybridized carbons (Fsp3) is 0.462. The first-order valence-corrected chi connectivity index (χ1v) is 12.7. The number of morpholine rings is 1. The van der Waals surface area contributed by atoms with E-state index in [0.29, 0.717) is 36.7 Å². The third-order valence-electron chi connectivity index (χ3n) is 6.75. The summed E-state index contributed by atoms with van der Waals surface area (Å²) in [6, 6.07) is 7.21. The van der Waals surface area contributed by atoms with Crippen LogP contribution in [-0.2, 0) is 9.47 Å². The van der Waals surface area contributed by atoms with Gasteiger partial charge in [0.05, 0.1) is 31.3 Å². The molecule has 2 N–H and O–H groups in total. The van der Waals surface area contributed by atoms with E-state index < -0.39 is 5.82 Å². The number of hydrogen-bond acceptors (Lipinski definition) is 8. The zero-order valence-electron chi connectivity index (χ0n) is 21.4. The smallest absolute Gasteiger partial charge is 0.251 e. The predicted molar refractivity (Wildman–Crippen MR) is 144 cm³/mol. The molecule has 2 aliphatic rings. The highest BCUT2D eigenvalue weighted by Crippen LogP contribution is 2.31. The second-order valence-electron chi connectivity index (χ2n) is 9.21. The van der Waals surface area contributed by atoms with Crippen molar-refractivity contribution < 1.29 is 18.7 Å². The van der Waals surface area contributed by atoms with Crippen molar-refractivity contribution in [1.29, 1.82) is 0 Å². The quantitative estimate of drug-likeness (QED) is 0.444. The average Bonchev–Trinajstić information content (AvgIpc) is 3.32. The number of benzene rings is 1. The van der Waals surface area contributed by atoms with E-state index in [0.717, 1.165) is 57.7 Å². The first-order valence-electron chi connectivity index (χ1n) is 12.7. The molecule has 1 aromatic carbocycles. The third-order valence-corrected chi connectivity index (χ3v) is 6.75. The fourth-order valence-corrected chi connectivity index (χ4v) is 4.73. The van der Waals surface area contributed by atoms with Crippen LogP contribution in [0.4, 0.5) is 16.0 Å². The maximum absolute atomic E-state index is 14.8. The Kier molecular flexibility index (Phi) is 9.62. The summed E-state index contributed by atoms with van der Waals surface area (Å²) in [7, 11) is 0. The minimum Gasteiger partial charge on any atom is -0.381 e. The lowest BCUT2D eigenvalue weighted by atomic mass is 10.1. The van der Waals surface area contributed by atoms with Crippen molar-refractivity contribution in [3.8, 4) is 11.4 Å². The van der Waals surface area contributed by atoms with Gasteiger partial charge in [0.1, 0.15) is 11.5 Å². The number of hydrogen-bond donors (Lipinski definition) is 2. The second kappa shape index (κ2) is 13.1. The molecule has 1 amide bonds. The highest BCUT2D eigenvalue weighted by Gasteiger charge is 2.23. The monoisotopic (exact) mass is 545 g/mol. The highest BCUT2D eigenvalue weighted by molar-refractivity contribution is 5.94. The summed E-state index contributed by atoms with van der Waals surface area (Å²) >= 11 is 0. The van der Waals surface area contributed by atoms with Gasteiger partial charge in [-0.2, -0.15) is 0 Å². The summed E-state index contributed by atoms with van der Waals surface area (Å²) < 4.78 is 27.7. The van der Waals surface area contributed by atoms with Crippen LogP contribution in [0.1, 0.15) is 35.1 Å². The van der Waals surface area contributed by atoms with E-state index in [2.05, 4.69) is 30.5 Å². The molecule has 0 radical (unpaired) electrons. The Morgan fingerprint density at radius 3 is 2.50 bits per heavy atom. The van der Waals surface area contributed by atoms with Gasteiger partial charge in [-0.15, -0.1) is 12.4 Å². The van der Waals surface area contributed by atoms with E-state index in [1.165, 1.54) is 0 Å². The lowest BCUT2D eigenvalue weighted by Crippen LogP contribution is -2.41. The van der Waals surface area contributed by atoms with Crippen molar-refractivity contribution in [2.45, 2.75) is 25.8 Å². The summed E-state index contributed by atoms with van der Waals surface area (Å²) in [4.78, 5) is 27.8. The summed E-state index contributed by atoms with van der Waals surface area (Å²) in [6.45, 7) is 7.88. The van der Waals surface area contributed by atoms with Crippen LogP contribution in [0.25, 0.3) is 11.4 Å². The number of amides is 1. The van der Waals surface area contributed by atoms with Crippen LogP contribution in [-0.4, -0.2) is 82.9 Å². The Labute approximate surface area is 227 Å². The topological polar surface area (TPSA) is 106 Å². The number of halogens is 2. The average molecular weight is 546 g/mol. The van der Waals surface area contributed by atoms with Gasteiger partial charge in [-0.25, -0.2) is 19.3 Å². The number of imidazole rings is 1. The lowest BCUT2D eigenvalue weighted by molar-refractivity contribution is 0.0383. The zero-order chi connectivity index (χ0) is 25.6. The Morgan fingerprint density at radius 1 is 1.05 bits per heavy atom. The summed E-state index contributed by atoms with van der Waals surface area (Å²) in [5, 5.41) is 6.07. The van der Waals surface area contributed by atoms with Crippen molar-refractivity contribution in [2.75, 3.05) is 57.9 Å². The molecule has 38 heavy (non-hydrogen) atoms. The molecule has 5 rings (SSSR count). The SMILES string of the molecule is Cc1ncc(-c2nc(Nc3ccc(C(=O)NCCN4CCOCC4)cc3)ncc2F)n1C1CCOCC1.Cl. The molecule has 0 atom stereocenters. The Hall–Kier alpha value is -3.12. The number of nitrogens with zero attached hydrogens (tertiary/aromatic N) is 5. The maximum Gasteiger partial charge on any atom is 0.251 e. The standard InChI is InChI=1S/C26H32FN7O3.ClH/c1-18-29-17-23(34(18)21-6-12-36-13-7-21)24-22(27)16-30-26(32-24)31-20-4-2-19(3-5-20)25(35)28-8-9-33-10-14-37-15-11-33;/h2-5,16-17,21H,6-15H2,1H3,(H,28,35)(H,30,31,32);1H. The number of ether oxygens (including phenoxy) is 2. The van der Waals surface area contributed by atoms with Crippen LogP contribution >= 0.6 is 12.4 Å². The molecule has 0 saturated carbocycles. The van der Waals surface area contributed by atoms with Gasteiger partial charge in [0.15, 0.2) is 5.82 Å². The summed E-state index contributed by atoms with van der Waals surface area (Å²) in [5.41, 5.74) is 2.07. The molecule has 3 aromatic rings. The third kappa shape index (κ3) is 6.65. The van der Waals surface area contributed by atoms with Crippen LogP contribution in [0, 0.1) is 12.7 Å². The highest BCUT2D eigenvalue weighted by atomic mass is 35.5. The number of nitrogens with one attached hydrogen (secondary N) is 2. The van der Waals surface area contributed by atoms with Crippen molar-refractivity contribution in [3.05, 3.63) is 53.9 Å². The van der Waals surface area contributed by atoms with E-state index >= 15 is 0 Å². The van der Waals surface area contributed by atoms with Gasteiger partial charge < -0.3 is 24.7 Å². The van der Waals surface area contributed by atoms with Gasteiger partial charge in [0.25, 0.3) is 5.91 Å². The molecule has 0 bridgehead atoms. The molecule has 0 unspecified atom stereocenters. The molecular formula is C26H33ClFN7O3. The molecule has 2 fully saturated rings. The van der Waals surface area contributed by atoms with Crippen LogP contribution < -0.4 is 10.6 Å². The van der Waals surface area contributed by atoms with Gasteiger partial charge in [0.2, 0.25) is 5.95 Å². The van der Waals surface area contributed by atoms with Crippen molar-refractivity contribution >= 4 is 29.9 Å². The van der Waals surface area contributed by atoms with Crippen LogP contribution in [0.15, 0.2) is 36.7 Å². The predicted octanol–water partition coefficient (Wildman–Crippen LogP) is 3.37. The molecule has 0 aliphatic carbocycles. The van der Waals surface area contributed by atoms with Crippen LogP contribution in [0.5, 0.6) is 0 Å². The van der Waals surface area contributed by atoms with Crippen molar-refractivity contribution in [3.63, 3.8) is 0 Å². The van der Waals surface area contributed by atoms with E-state index in [9.17, 15) is 9.18 Å². The lowest BCUT2D eigenvalue weighted by Gasteiger charge is -2.26. The molecule has 2 aromatic heterocycles. The minimum absolute atomic E-state index is 0. The minimum atomic E-state index is -0.511. The molecule has 4 heterocycles. The van der Waals surface area contributed by atoms with Gasteiger partial charge >= 0.3 is 0 Å². The van der Waals surface area contributed by atoms with Gasteiger partial charge in [-0.1, -0.05) is 0 Å². The molecule has 0 spiro atoms. The molecule has 12 heteroatoms. The van der Waals surface area contributed by atoms with E-state index in [1.807, 2.05) is 11.5 Å². The molecule has 2 aliphatic heterocycles. The number of carbonyl (C=O) groups is 1. The largest absolute Gasteiger partial charge is 0.381 e. The number of rotatable bonds is 8. The van der Waals surface area contributed by atoms with Crippen LogP contribution in [0.2, 0.25) is 0 Å². The van der Waals surface area contributed by atoms with Gasteiger partial charge in [-0.3, -0.25) is 9.69 Å². The second-order valence-corrected chi connectivity index (χ2v) is 9.21. The maximum atomic E-state index is 14.8.